The molecule has 1 atom stereocenters. The Labute approximate surface area is 172 Å². The van der Waals surface area contributed by atoms with Crippen LogP contribution in [-0.4, -0.2) is 16.7 Å². The zero-order valence-corrected chi connectivity index (χ0v) is 16.1. The van der Waals surface area contributed by atoms with Crippen molar-refractivity contribution in [2.24, 2.45) is 4.99 Å². The van der Waals surface area contributed by atoms with Crippen LogP contribution in [0.4, 0.5) is 15.8 Å². The van der Waals surface area contributed by atoms with E-state index >= 15 is 0 Å². The normalized spacial score (nSPS) is 20.4. The van der Waals surface area contributed by atoms with E-state index in [-0.39, 0.29) is 11.7 Å². The number of carbonyl (C=O) groups is 1. The standard InChI is InChI=1S/C23H16FN3OS/c24-16-12-10-15(11-13-16)20-14-23(18-8-4-5-9-19(18)25-21(23)28)27(22(29)26-20)17-6-2-1-3-7-17/h1-13H,14H2,(H,25,28). The summed E-state index contributed by atoms with van der Waals surface area (Å²) in [6, 6.07) is 23.3. The van der Waals surface area contributed by atoms with Crippen molar-refractivity contribution in [3.05, 3.63) is 95.8 Å². The Kier molecular flexibility index (Phi) is 4.03. The van der Waals surface area contributed by atoms with E-state index in [1.54, 1.807) is 12.1 Å². The van der Waals surface area contributed by atoms with Gasteiger partial charge < -0.3 is 5.32 Å². The van der Waals surface area contributed by atoms with Crippen LogP contribution in [0.5, 0.6) is 0 Å². The Morgan fingerprint density at radius 1 is 0.966 bits per heavy atom. The molecule has 1 N–H and O–H groups in total. The monoisotopic (exact) mass is 401 g/mol. The Morgan fingerprint density at radius 3 is 2.41 bits per heavy atom. The summed E-state index contributed by atoms with van der Waals surface area (Å²) in [7, 11) is 0. The number of fused-ring (bicyclic) bond motifs is 2. The molecule has 3 aromatic carbocycles. The van der Waals surface area contributed by atoms with Gasteiger partial charge in [0.05, 0.1) is 5.71 Å². The number of nitrogens with one attached hydrogen (secondary N) is 1. The van der Waals surface area contributed by atoms with Crippen LogP contribution in [0.15, 0.2) is 83.9 Å². The molecule has 2 aliphatic rings. The molecule has 0 saturated carbocycles. The molecule has 0 aromatic heterocycles. The highest BCUT2D eigenvalue weighted by molar-refractivity contribution is 7.80. The molecule has 0 aliphatic carbocycles. The number of aliphatic imine (C=N–C) groups is 1. The molecule has 2 heterocycles. The maximum Gasteiger partial charge on any atom is 0.255 e. The van der Waals surface area contributed by atoms with Crippen LogP contribution in [0.3, 0.4) is 0 Å². The number of thiocarbonyl (C=S) groups is 1. The number of halogens is 1. The van der Waals surface area contributed by atoms with Gasteiger partial charge in [-0.25, -0.2) is 9.38 Å². The van der Waals surface area contributed by atoms with Crippen LogP contribution in [0, 0.1) is 5.82 Å². The highest BCUT2D eigenvalue weighted by Crippen LogP contribution is 2.47. The molecule has 29 heavy (non-hydrogen) atoms. The maximum atomic E-state index is 13.4. The van der Waals surface area contributed by atoms with E-state index in [0.717, 1.165) is 22.5 Å². The summed E-state index contributed by atoms with van der Waals surface area (Å²) < 4.78 is 13.4. The number of anilines is 2. The lowest BCUT2D eigenvalue weighted by Gasteiger charge is -2.43. The van der Waals surface area contributed by atoms with Crippen molar-refractivity contribution < 1.29 is 9.18 Å². The number of nitrogens with zero attached hydrogens (tertiary/aromatic N) is 2. The van der Waals surface area contributed by atoms with Crippen molar-refractivity contribution in [2.75, 3.05) is 10.2 Å². The van der Waals surface area contributed by atoms with Gasteiger partial charge in [-0.1, -0.05) is 48.5 Å². The predicted molar refractivity (Wildman–Crippen MR) is 116 cm³/mol. The summed E-state index contributed by atoms with van der Waals surface area (Å²) in [5.41, 5.74) is 2.77. The van der Waals surface area contributed by atoms with Crippen molar-refractivity contribution in [1.82, 2.24) is 0 Å². The maximum absolute atomic E-state index is 13.4. The number of benzene rings is 3. The predicted octanol–water partition coefficient (Wildman–Crippen LogP) is 4.66. The molecule has 3 aromatic rings. The minimum absolute atomic E-state index is 0.153. The third kappa shape index (κ3) is 2.68. The average Bonchev–Trinajstić information content (AvgIpc) is 3.00. The fourth-order valence-electron chi connectivity index (χ4n) is 4.10. The van der Waals surface area contributed by atoms with Gasteiger partial charge in [-0.2, -0.15) is 0 Å². The molecule has 142 valence electrons. The van der Waals surface area contributed by atoms with Crippen LogP contribution < -0.4 is 10.2 Å². The van der Waals surface area contributed by atoms with Gasteiger partial charge in [0.15, 0.2) is 5.54 Å². The SMILES string of the molecule is O=C1Nc2ccccc2C12CC(c1ccc(F)cc1)=NC(=S)N2c1ccccc1. The Morgan fingerprint density at radius 2 is 1.66 bits per heavy atom. The molecule has 1 spiro atoms. The van der Waals surface area contributed by atoms with Gasteiger partial charge in [0, 0.05) is 23.4 Å². The molecular weight excluding hydrogens is 385 g/mol. The van der Waals surface area contributed by atoms with Crippen molar-refractivity contribution in [3.8, 4) is 0 Å². The second kappa shape index (κ2) is 6.60. The first kappa shape index (κ1) is 17.7. The first-order valence-electron chi connectivity index (χ1n) is 9.23. The van der Waals surface area contributed by atoms with Crippen molar-refractivity contribution >= 4 is 40.3 Å². The van der Waals surface area contributed by atoms with Crippen LogP contribution in [0.25, 0.3) is 0 Å². The Bertz CT molecular complexity index is 1160. The topological polar surface area (TPSA) is 44.7 Å². The molecule has 4 nitrogen and oxygen atoms in total. The summed E-state index contributed by atoms with van der Waals surface area (Å²) in [5, 5.41) is 3.30. The molecule has 1 unspecified atom stereocenters. The van der Waals surface area contributed by atoms with Crippen LogP contribution in [0.1, 0.15) is 17.5 Å². The van der Waals surface area contributed by atoms with E-state index < -0.39 is 5.54 Å². The van der Waals surface area contributed by atoms with Crippen molar-refractivity contribution in [2.45, 2.75) is 12.0 Å². The molecule has 1 amide bonds. The fraction of sp³-hybridized carbons (Fsp3) is 0.0870. The Hall–Kier alpha value is -3.38. The largest absolute Gasteiger partial charge is 0.323 e. The number of hydrogen-bond acceptors (Lipinski definition) is 2. The zero-order chi connectivity index (χ0) is 20.0. The average molecular weight is 401 g/mol. The number of para-hydroxylation sites is 2. The lowest BCUT2D eigenvalue weighted by atomic mass is 9.81. The summed E-state index contributed by atoms with van der Waals surface area (Å²) >= 11 is 5.69. The molecule has 0 bridgehead atoms. The van der Waals surface area contributed by atoms with Crippen LogP contribution in [-0.2, 0) is 10.3 Å². The highest BCUT2D eigenvalue weighted by Gasteiger charge is 2.55. The third-order valence-corrected chi connectivity index (χ3v) is 5.69. The third-order valence-electron chi connectivity index (χ3n) is 5.42. The van der Waals surface area contributed by atoms with Gasteiger partial charge in [0.1, 0.15) is 5.82 Å². The fourth-order valence-corrected chi connectivity index (χ4v) is 4.48. The van der Waals surface area contributed by atoms with E-state index in [2.05, 4.69) is 10.3 Å². The second-order valence-electron chi connectivity index (χ2n) is 7.06. The van der Waals surface area contributed by atoms with Gasteiger partial charge in [0.25, 0.3) is 5.91 Å². The molecule has 5 rings (SSSR count). The summed E-state index contributed by atoms with van der Waals surface area (Å²) in [4.78, 5) is 19.9. The zero-order valence-electron chi connectivity index (χ0n) is 15.3. The van der Waals surface area contributed by atoms with E-state index in [1.807, 2.05) is 59.5 Å². The van der Waals surface area contributed by atoms with Crippen molar-refractivity contribution in [3.63, 3.8) is 0 Å². The minimum Gasteiger partial charge on any atom is -0.323 e. The molecule has 6 heteroatoms. The molecule has 2 aliphatic heterocycles. The van der Waals surface area contributed by atoms with E-state index in [0.29, 0.717) is 17.2 Å². The number of rotatable bonds is 2. The van der Waals surface area contributed by atoms with Gasteiger partial charge in [-0.15, -0.1) is 0 Å². The summed E-state index contributed by atoms with van der Waals surface area (Å²) in [5.74, 6) is -0.475. The lowest BCUT2D eigenvalue weighted by Crippen LogP contribution is -2.57. The van der Waals surface area contributed by atoms with Gasteiger partial charge in [-0.05, 0) is 48.1 Å². The first-order valence-corrected chi connectivity index (χ1v) is 9.64. The summed E-state index contributed by atoms with van der Waals surface area (Å²) in [6.07, 6.45) is 0.316. The molecular formula is C23H16FN3OS. The first-order chi connectivity index (χ1) is 14.1. The lowest BCUT2D eigenvalue weighted by molar-refractivity contribution is -0.120. The van der Waals surface area contributed by atoms with Gasteiger partial charge in [-0.3, -0.25) is 9.69 Å². The van der Waals surface area contributed by atoms with Gasteiger partial charge >= 0.3 is 0 Å². The number of hydrogen-bond donors (Lipinski definition) is 1. The van der Waals surface area contributed by atoms with Crippen LogP contribution in [0.2, 0.25) is 0 Å². The van der Waals surface area contributed by atoms with Crippen molar-refractivity contribution in [1.29, 1.82) is 0 Å². The van der Waals surface area contributed by atoms with Gasteiger partial charge in [0.2, 0.25) is 5.11 Å². The van der Waals surface area contributed by atoms with E-state index in [4.69, 9.17) is 12.2 Å². The summed E-state index contributed by atoms with van der Waals surface area (Å²) in [6.45, 7) is 0. The molecule has 0 saturated heterocycles. The van der Waals surface area contributed by atoms with Crippen LogP contribution >= 0.6 is 12.2 Å². The smallest absolute Gasteiger partial charge is 0.255 e. The van der Waals surface area contributed by atoms with E-state index in [1.165, 1.54) is 12.1 Å². The molecule has 0 radical (unpaired) electrons. The number of carbonyl (C=O) groups excluding carboxylic acids is 1. The highest BCUT2D eigenvalue weighted by atomic mass is 32.1. The van der Waals surface area contributed by atoms with E-state index in [9.17, 15) is 9.18 Å². The quantitative estimate of drug-likeness (QED) is 0.636. The number of amides is 1. The minimum atomic E-state index is -1.06. The second-order valence-corrected chi connectivity index (χ2v) is 7.42. The Balaban J connectivity index is 1.74. The molecule has 0 fully saturated rings.